The van der Waals surface area contributed by atoms with E-state index in [1.54, 1.807) is 25.1 Å². The van der Waals surface area contributed by atoms with E-state index in [0.29, 0.717) is 22.6 Å². The van der Waals surface area contributed by atoms with E-state index < -0.39 is 14.9 Å². The molecular weight excluding hydrogens is 348 g/mol. The Bertz CT molecular complexity index is 895. The Balaban J connectivity index is 2.25. The molecule has 2 rings (SSSR count). The van der Waals surface area contributed by atoms with Gasteiger partial charge in [-0.1, -0.05) is 12.1 Å². The maximum atomic E-state index is 12.5. The largest absolute Gasteiger partial charge is 0.493 e. The number of methoxy groups -OCH3 is 2. The van der Waals surface area contributed by atoms with Gasteiger partial charge in [-0.3, -0.25) is 10.1 Å². The molecule has 0 amide bonds. The van der Waals surface area contributed by atoms with Crippen molar-refractivity contribution in [3.63, 3.8) is 0 Å². The molecule has 0 bridgehead atoms. The molecule has 134 valence electrons. The molecule has 0 aromatic heterocycles. The first-order valence-corrected chi connectivity index (χ1v) is 8.72. The number of nitrogens with zero attached hydrogens (tertiary/aromatic N) is 1. The van der Waals surface area contributed by atoms with E-state index in [1.807, 2.05) is 0 Å². The van der Waals surface area contributed by atoms with Crippen LogP contribution in [0.4, 0.5) is 5.69 Å². The molecule has 0 saturated heterocycles. The lowest BCUT2D eigenvalue weighted by atomic mass is 10.2. The molecule has 0 aliphatic heterocycles. The molecule has 25 heavy (non-hydrogen) atoms. The predicted octanol–water partition coefficient (Wildman–Crippen LogP) is 2.40. The third-order valence-corrected chi connectivity index (χ3v) is 5.13. The first-order chi connectivity index (χ1) is 11.8. The molecule has 1 N–H and O–H groups in total. The third kappa shape index (κ3) is 4.25. The Hall–Kier alpha value is -2.65. The van der Waals surface area contributed by atoms with Gasteiger partial charge in [0, 0.05) is 18.7 Å². The second-order valence-electron chi connectivity index (χ2n) is 5.22. The summed E-state index contributed by atoms with van der Waals surface area (Å²) in [7, 11) is -0.917. The zero-order valence-electron chi connectivity index (χ0n) is 14.0. The van der Waals surface area contributed by atoms with Crippen molar-refractivity contribution >= 4 is 15.7 Å². The van der Waals surface area contributed by atoms with Crippen molar-refractivity contribution in [1.29, 1.82) is 0 Å². The zero-order valence-corrected chi connectivity index (χ0v) is 14.8. The molecule has 0 fully saturated rings. The minimum Gasteiger partial charge on any atom is -0.493 e. The number of benzene rings is 2. The Morgan fingerprint density at radius 2 is 1.76 bits per heavy atom. The standard InChI is InChI=1S/C16H18N2O6S/c1-11-4-6-13(18(19)20)9-16(11)25(21,22)17-10-12-5-7-14(23-2)15(8-12)24-3/h4-9,17H,10H2,1-3H3. The summed E-state index contributed by atoms with van der Waals surface area (Å²) in [6, 6.07) is 8.74. The number of sulfonamides is 1. The molecule has 9 heteroatoms. The molecule has 0 radical (unpaired) electrons. The van der Waals surface area contributed by atoms with Crippen molar-refractivity contribution in [1.82, 2.24) is 4.72 Å². The van der Waals surface area contributed by atoms with Crippen molar-refractivity contribution in [2.24, 2.45) is 0 Å². The van der Waals surface area contributed by atoms with E-state index in [0.717, 1.165) is 6.07 Å². The number of nitrogens with one attached hydrogen (secondary N) is 1. The number of ether oxygens (including phenoxy) is 2. The fourth-order valence-electron chi connectivity index (χ4n) is 2.24. The molecule has 0 atom stereocenters. The van der Waals surface area contributed by atoms with Gasteiger partial charge in [0.15, 0.2) is 11.5 Å². The highest BCUT2D eigenvalue weighted by molar-refractivity contribution is 7.89. The highest BCUT2D eigenvalue weighted by atomic mass is 32.2. The topological polar surface area (TPSA) is 108 Å². The average molecular weight is 366 g/mol. The predicted molar refractivity (Wildman–Crippen MR) is 91.4 cm³/mol. The summed E-state index contributed by atoms with van der Waals surface area (Å²) in [6.45, 7) is 1.58. The highest BCUT2D eigenvalue weighted by Crippen LogP contribution is 2.28. The van der Waals surface area contributed by atoms with Gasteiger partial charge in [-0.05, 0) is 30.2 Å². The van der Waals surface area contributed by atoms with E-state index in [2.05, 4.69) is 4.72 Å². The Kier molecular flexibility index (Phi) is 5.60. The lowest BCUT2D eigenvalue weighted by Crippen LogP contribution is -2.24. The summed E-state index contributed by atoms with van der Waals surface area (Å²) in [5.74, 6) is 1.01. The van der Waals surface area contributed by atoms with Crippen LogP contribution < -0.4 is 14.2 Å². The highest BCUT2D eigenvalue weighted by Gasteiger charge is 2.20. The van der Waals surface area contributed by atoms with Crippen molar-refractivity contribution < 1.29 is 22.8 Å². The number of rotatable bonds is 7. The Labute approximate surface area is 145 Å². The molecule has 0 aliphatic rings. The van der Waals surface area contributed by atoms with Crippen molar-refractivity contribution in [3.05, 3.63) is 57.6 Å². The number of aryl methyl sites for hydroxylation is 1. The molecule has 8 nitrogen and oxygen atoms in total. The van der Waals surface area contributed by atoms with Crippen LogP contribution in [0.25, 0.3) is 0 Å². The van der Waals surface area contributed by atoms with Crippen LogP contribution >= 0.6 is 0 Å². The lowest BCUT2D eigenvalue weighted by molar-refractivity contribution is -0.385. The maximum absolute atomic E-state index is 12.5. The van der Waals surface area contributed by atoms with Crippen molar-refractivity contribution in [3.8, 4) is 11.5 Å². The van der Waals surface area contributed by atoms with E-state index >= 15 is 0 Å². The fraction of sp³-hybridized carbons (Fsp3) is 0.250. The van der Waals surface area contributed by atoms with Gasteiger partial charge < -0.3 is 9.47 Å². The molecule has 0 unspecified atom stereocenters. The van der Waals surface area contributed by atoms with Crippen LogP contribution in [-0.2, 0) is 16.6 Å². The molecular formula is C16H18N2O6S. The van der Waals surface area contributed by atoms with Gasteiger partial charge in [0.1, 0.15) is 0 Å². The summed E-state index contributed by atoms with van der Waals surface area (Å²) >= 11 is 0. The second-order valence-corrected chi connectivity index (χ2v) is 6.96. The van der Waals surface area contributed by atoms with E-state index in [4.69, 9.17) is 9.47 Å². The number of nitro groups is 1. The van der Waals surface area contributed by atoms with Crippen LogP contribution in [0.3, 0.4) is 0 Å². The van der Waals surface area contributed by atoms with E-state index in [-0.39, 0.29) is 17.1 Å². The van der Waals surface area contributed by atoms with Crippen LogP contribution in [0.1, 0.15) is 11.1 Å². The Morgan fingerprint density at radius 3 is 2.36 bits per heavy atom. The fourth-order valence-corrected chi connectivity index (χ4v) is 3.52. The Morgan fingerprint density at radius 1 is 1.08 bits per heavy atom. The number of non-ortho nitro benzene ring substituents is 1. The molecule has 0 saturated carbocycles. The van der Waals surface area contributed by atoms with Gasteiger partial charge >= 0.3 is 0 Å². The van der Waals surface area contributed by atoms with Crippen molar-refractivity contribution in [2.75, 3.05) is 14.2 Å². The number of hydrogen-bond donors (Lipinski definition) is 1. The monoisotopic (exact) mass is 366 g/mol. The first kappa shape index (κ1) is 18.7. The van der Waals surface area contributed by atoms with Gasteiger partial charge in [-0.2, -0.15) is 0 Å². The minimum absolute atomic E-state index is 0.00478. The summed E-state index contributed by atoms with van der Waals surface area (Å²) in [4.78, 5) is 10.1. The molecule has 2 aromatic carbocycles. The smallest absolute Gasteiger partial charge is 0.270 e. The van der Waals surface area contributed by atoms with Crippen molar-refractivity contribution in [2.45, 2.75) is 18.4 Å². The maximum Gasteiger partial charge on any atom is 0.270 e. The third-order valence-electron chi connectivity index (χ3n) is 3.59. The molecule has 0 aliphatic carbocycles. The van der Waals surface area contributed by atoms with Crippen LogP contribution in [0, 0.1) is 17.0 Å². The lowest BCUT2D eigenvalue weighted by Gasteiger charge is -2.11. The van der Waals surface area contributed by atoms with Crippen LogP contribution in [0.2, 0.25) is 0 Å². The van der Waals surface area contributed by atoms with E-state index in [9.17, 15) is 18.5 Å². The van der Waals surface area contributed by atoms with Crippen LogP contribution in [0.15, 0.2) is 41.3 Å². The normalized spacial score (nSPS) is 11.2. The van der Waals surface area contributed by atoms with Gasteiger partial charge in [0.2, 0.25) is 10.0 Å². The first-order valence-electron chi connectivity index (χ1n) is 7.24. The summed E-state index contributed by atoms with van der Waals surface area (Å²) < 4.78 is 37.7. The SMILES string of the molecule is COc1ccc(CNS(=O)(=O)c2cc([N+](=O)[O-])ccc2C)cc1OC. The van der Waals surface area contributed by atoms with Gasteiger partial charge in [0.25, 0.3) is 5.69 Å². The van der Waals surface area contributed by atoms with Gasteiger partial charge in [-0.15, -0.1) is 0 Å². The van der Waals surface area contributed by atoms with E-state index in [1.165, 1.54) is 26.4 Å². The summed E-state index contributed by atoms with van der Waals surface area (Å²) in [5.41, 5.74) is 0.798. The summed E-state index contributed by atoms with van der Waals surface area (Å²) in [6.07, 6.45) is 0. The average Bonchev–Trinajstić information content (AvgIpc) is 2.59. The number of hydrogen-bond acceptors (Lipinski definition) is 6. The van der Waals surface area contributed by atoms with Gasteiger partial charge in [0.05, 0.1) is 24.0 Å². The van der Waals surface area contributed by atoms with Crippen LogP contribution in [-0.4, -0.2) is 27.6 Å². The van der Waals surface area contributed by atoms with Gasteiger partial charge in [-0.25, -0.2) is 13.1 Å². The quantitative estimate of drug-likeness (QED) is 0.595. The minimum atomic E-state index is -3.91. The molecule has 2 aromatic rings. The zero-order chi connectivity index (χ0) is 18.6. The number of nitro benzene ring substituents is 1. The van der Waals surface area contributed by atoms with Crippen LogP contribution in [0.5, 0.6) is 11.5 Å². The second kappa shape index (κ2) is 7.49. The molecule has 0 spiro atoms. The summed E-state index contributed by atoms with van der Waals surface area (Å²) in [5, 5.41) is 10.9. The molecule has 0 heterocycles.